The van der Waals surface area contributed by atoms with Crippen LogP contribution in [0.2, 0.25) is 0 Å². The van der Waals surface area contributed by atoms with Crippen molar-refractivity contribution in [1.29, 1.82) is 0 Å². The second kappa shape index (κ2) is 8.54. The second-order valence-corrected chi connectivity index (χ2v) is 8.20. The van der Waals surface area contributed by atoms with E-state index in [0.717, 1.165) is 25.0 Å². The van der Waals surface area contributed by atoms with E-state index in [4.69, 9.17) is 4.74 Å². The van der Waals surface area contributed by atoms with Gasteiger partial charge < -0.3 is 10.1 Å². The van der Waals surface area contributed by atoms with E-state index in [9.17, 15) is 18.0 Å². The Labute approximate surface area is 183 Å². The van der Waals surface area contributed by atoms with E-state index in [-0.39, 0.29) is 11.5 Å². The average molecular weight is 446 g/mol. The Hall–Kier alpha value is -2.94. The number of pyridine rings is 1. The molecular formula is C23H25F3N4O2. The van der Waals surface area contributed by atoms with Gasteiger partial charge in [-0.2, -0.15) is 13.2 Å². The van der Waals surface area contributed by atoms with Crippen molar-refractivity contribution in [1.82, 2.24) is 14.5 Å². The molecule has 1 atom stereocenters. The summed E-state index contributed by atoms with van der Waals surface area (Å²) in [6, 6.07) is 6.61. The molecule has 1 aliphatic heterocycles. The van der Waals surface area contributed by atoms with Crippen LogP contribution >= 0.6 is 0 Å². The second-order valence-electron chi connectivity index (χ2n) is 8.20. The maximum atomic E-state index is 13.1. The molecule has 4 rings (SSSR count). The molecule has 1 N–H and O–H groups in total. The smallest absolute Gasteiger partial charge is 0.381 e. The number of aryl methyl sites for hydroxylation is 2. The number of nitrogens with zero attached hydrogens (tertiary/aromatic N) is 3. The Morgan fingerprint density at radius 2 is 1.91 bits per heavy atom. The number of ether oxygens (including phenoxy) is 1. The monoisotopic (exact) mass is 446 g/mol. The molecule has 0 amide bonds. The molecule has 3 aromatic rings. The highest BCUT2D eigenvalue weighted by Gasteiger charge is 2.31. The molecule has 0 aliphatic carbocycles. The SMILES string of the molecule is Cc1nc(N[C@H](C)c2cccc(C(F)(F)F)c2)c2cc(C3CCOCC3)c(=O)n(C)c2n1. The summed E-state index contributed by atoms with van der Waals surface area (Å²) >= 11 is 0. The van der Waals surface area contributed by atoms with Gasteiger partial charge >= 0.3 is 6.18 Å². The third kappa shape index (κ3) is 4.34. The van der Waals surface area contributed by atoms with E-state index in [1.807, 2.05) is 6.07 Å². The lowest BCUT2D eigenvalue weighted by molar-refractivity contribution is -0.137. The van der Waals surface area contributed by atoms with Crippen LogP contribution in [0.1, 0.15) is 54.2 Å². The van der Waals surface area contributed by atoms with Crippen LogP contribution in [-0.4, -0.2) is 27.7 Å². The van der Waals surface area contributed by atoms with E-state index < -0.39 is 17.8 Å². The minimum atomic E-state index is -4.41. The Morgan fingerprint density at radius 1 is 1.19 bits per heavy atom. The fraction of sp³-hybridized carbons (Fsp3) is 0.435. The summed E-state index contributed by atoms with van der Waals surface area (Å²) in [4.78, 5) is 22.0. The number of benzene rings is 1. The zero-order valence-corrected chi connectivity index (χ0v) is 18.2. The first-order valence-corrected chi connectivity index (χ1v) is 10.5. The molecule has 1 aromatic carbocycles. The minimum Gasteiger partial charge on any atom is -0.381 e. The average Bonchev–Trinajstić information content (AvgIpc) is 2.76. The van der Waals surface area contributed by atoms with Gasteiger partial charge in [-0.3, -0.25) is 9.36 Å². The molecule has 6 nitrogen and oxygen atoms in total. The number of anilines is 1. The number of hydrogen-bond acceptors (Lipinski definition) is 5. The van der Waals surface area contributed by atoms with Crippen molar-refractivity contribution in [3.63, 3.8) is 0 Å². The fourth-order valence-corrected chi connectivity index (χ4v) is 4.15. The summed E-state index contributed by atoms with van der Waals surface area (Å²) in [6.07, 6.45) is -2.89. The van der Waals surface area contributed by atoms with Crippen molar-refractivity contribution < 1.29 is 17.9 Å². The normalized spacial score (nSPS) is 16.3. The van der Waals surface area contributed by atoms with E-state index in [1.165, 1.54) is 10.6 Å². The zero-order valence-electron chi connectivity index (χ0n) is 18.2. The van der Waals surface area contributed by atoms with Gasteiger partial charge in [0.25, 0.3) is 5.56 Å². The Bertz CT molecular complexity index is 1200. The van der Waals surface area contributed by atoms with Gasteiger partial charge in [0.15, 0.2) is 0 Å². The Morgan fingerprint density at radius 3 is 2.59 bits per heavy atom. The van der Waals surface area contributed by atoms with Crippen molar-refractivity contribution in [3.8, 4) is 0 Å². The van der Waals surface area contributed by atoms with E-state index >= 15 is 0 Å². The molecule has 0 saturated carbocycles. The van der Waals surface area contributed by atoms with E-state index in [2.05, 4.69) is 15.3 Å². The topological polar surface area (TPSA) is 69.0 Å². The number of alkyl halides is 3. The first-order valence-electron chi connectivity index (χ1n) is 10.5. The third-order valence-corrected chi connectivity index (χ3v) is 5.93. The first-order chi connectivity index (χ1) is 15.1. The van der Waals surface area contributed by atoms with Gasteiger partial charge in [0.05, 0.1) is 10.9 Å². The molecule has 170 valence electrons. The van der Waals surface area contributed by atoms with Crippen molar-refractivity contribution in [2.24, 2.45) is 7.05 Å². The van der Waals surface area contributed by atoms with Crippen LogP contribution in [0, 0.1) is 6.92 Å². The van der Waals surface area contributed by atoms with Crippen LogP contribution < -0.4 is 10.9 Å². The van der Waals surface area contributed by atoms with Gasteiger partial charge in [-0.1, -0.05) is 12.1 Å². The fourth-order valence-electron chi connectivity index (χ4n) is 4.15. The first kappa shape index (κ1) is 22.3. The minimum absolute atomic E-state index is 0.0851. The summed E-state index contributed by atoms with van der Waals surface area (Å²) in [5, 5.41) is 3.90. The molecule has 0 unspecified atom stereocenters. The lowest BCUT2D eigenvalue weighted by Crippen LogP contribution is -2.27. The summed E-state index contributed by atoms with van der Waals surface area (Å²) < 4.78 is 46.4. The van der Waals surface area contributed by atoms with Crippen molar-refractivity contribution in [3.05, 3.63) is 63.2 Å². The highest BCUT2D eigenvalue weighted by molar-refractivity contribution is 5.87. The van der Waals surface area contributed by atoms with Crippen molar-refractivity contribution >= 4 is 16.9 Å². The van der Waals surface area contributed by atoms with Crippen molar-refractivity contribution in [2.75, 3.05) is 18.5 Å². The van der Waals surface area contributed by atoms with Gasteiger partial charge in [0.1, 0.15) is 17.3 Å². The van der Waals surface area contributed by atoms with Gasteiger partial charge in [-0.25, -0.2) is 9.97 Å². The van der Waals surface area contributed by atoms with Crippen LogP contribution in [0.15, 0.2) is 35.1 Å². The molecule has 1 saturated heterocycles. The van der Waals surface area contributed by atoms with Gasteiger partial charge in [-0.05, 0) is 56.4 Å². The molecule has 9 heteroatoms. The summed E-state index contributed by atoms with van der Waals surface area (Å²) in [5.74, 6) is 1.04. The van der Waals surface area contributed by atoms with Crippen molar-refractivity contribution in [2.45, 2.75) is 44.8 Å². The molecule has 32 heavy (non-hydrogen) atoms. The molecule has 1 aliphatic rings. The largest absolute Gasteiger partial charge is 0.416 e. The molecule has 1 fully saturated rings. The lowest BCUT2D eigenvalue weighted by atomic mass is 9.92. The predicted octanol–water partition coefficient (Wildman–Crippen LogP) is 4.72. The molecule has 2 aromatic heterocycles. The van der Waals surface area contributed by atoms with Gasteiger partial charge in [-0.15, -0.1) is 0 Å². The molecule has 0 radical (unpaired) electrons. The summed E-state index contributed by atoms with van der Waals surface area (Å²) in [6.45, 7) is 4.71. The van der Waals surface area contributed by atoms with Crippen LogP contribution in [0.5, 0.6) is 0 Å². The van der Waals surface area contributed by atoms with Crippen LogP contribution in [0.4, 0.5) is 19.0 Å². The highest BCUT2D eigenvalue weighted by Crippen LogP contribution is 2.33. The summed E-state index contributed by atoms with van der Waals surface area (Å²) in [5.41, 5.74) is 0.859. The maximum absolute atomic E-state index is 13.1. The maximum Gasteiger partial charge on any atom is 0.416 e. The van der Waals surface area contributed by atoms with E-state index in [0.29, 0.717) is 47.0 Å². The number of nitrogens with one attached hydrogen (secondary N) is 1. The lowest BCUT2D eigenvalue weighted by Gasteiger charge is -2.23. The van der Waals surface area contributed by atoms with Gasteiger partial charge in [0.2, 0.25) is 0 Å². The molecular weight excluding hydrogens is 421 g/mol. The predicted molar refractivity (Wildman–Crippen MR) is 116 cm³/mol. The van der Waals surface area contributed by atoms with Crippen LogP contribution in [0.25, 0.3) is 11.0 Å². The van der Waals surface area contributed by atoms with Crippen LogP contribution in [0.3, 0.4) is 0 Å². The standard InChI is InChI=1S/C23H25F3N4O2/c1-13(16-5-4-6-17(11-16)23(24,25)26)27-20-19-12-18(15-7-9-32-10-8-15)22(31)30(3)21(19)29-14(2)28-20/h4-6,11-13,15H,7-10H2,1-3H3,(H,27,28,29)/t13-/m1/s1. The Kier molecular flexibility index (Phi) is 5.94. The summed E-state index contributed by atoms with van der Waals surface area (Å²) in [7, 11) is 1.68. The number of rotatable bonds is 4. The number of aromatic nitrogens is 3. The number of fused-ring (bicyclic) bond motifs is 1. The quantitative estimate of drug-likeness (QED) is 0.628. The molecule has 0 bridgehead atoms. The molecule has 0 spiro atoms. The number of hydrogen-bond donors (Lipinski definition) is 1. The number of halogens is 3. The zero-order chi connectivity index (χ0) is 23.0. The molecule has 3 heterocycles. The van der Waals surface area contributed by atoms with Gasteiger partial charge in [0, 0.05) is 31.9 Å². The highest BCUT2D eigenvalue weighted by atomic mass is 19.4. The third-order valence-electron chi connectivity index (χ3n) is 5.93. The van der Waals surface area contributed by atoms with Crippen LogP contribution in [-0.2, 0) is 18.0 Å². The Balaban J connectivity index is 1.77. The van der Waals surface area contributed by atoms with E-state index in [1.54, 1.807) is 27.0 Å².